The van der Waals surface area contributed by atoms with Crippen molar-refractivity contribution in [1.82, 2.24) is 10.2 Å². The van der Waals surface area contributed by atoms with Gasteiger partial charge in [0.05, 0.1) is 11.9 Å². The van der Waals surface area contributed by atoms with E-state index in [1.807, 2.05) is 37.3 Å². The summed E-state index contributed by atoms with van der Waals surface area (Å²) in [5.41, 5.74) is 1.94. The number of ether oxygens (including phenoxy) is 2. The van der Waals surface area contributed by atoms with Gasteiger partial charge in [0.15, 0.2) is 11.5 Å². The molecule has 3 aromatic carbocycles. The number of carbonyl (C=O) groups is 2. The standard InChI is InChI=1S/C31H35Cl2N3O6S/c1-3-15-34-31(38)27(17-22-8-5-4-6-9-22)35(20-23-11-12-24(32)18-26(23)33)30(37)10-7-16-36(43(2,39)40)25-13-14-28-29(19-25)42-21-41-28/h4-6,8-9,11-14,18-19,27H,3,7,10,15-17,20-21H2,1-2H3,(H,34,38). The molecule has 0 saturated heterocycles. The first-order chi connectivity index (χ1) is 20.6. The van der Waals surface area contributed by atoms with E-state index in [-0.39, 0.29) is 44.5 Å². The molecule has 1 heterocycles. The average Bonchev–Trinajstić information content (AvgIpc) is 3.44. The van der Waals surface area contributed by atoms with E-state index in [1.54, 1.807) is 36.4 Å². The third kappa shape index (κ3) is 8.78. The van der Waals surface area contributed by atoms with E-state index >= 15 is 0 Å². The van der Waals surface area contributed by atoms with Crippen LogP contribution in [0.15, 0.2) is 66.7 Å². The monoisotopic (exact) mass is 647 g/mol. The number of nitrogens with one attached hydrogen (secondary N) is 1. The Hall–Kier alpha value is -3.47. The van der Waals surface area contributed by atoms with E-state index in [1.165, 1.54) is 9.21 Å². The number of hydrogen-bond acceptors (Lipinski definition) is 6. The molecule has 1 N–H and O–H groups in total. The predicted molar refractivity (Wildman–Crippen MR) is 168 cm³/mol. The fourth-order valence-corrected chi connectivity index (χ4v) is 6.22. The van der Waals surface area contributed by atoms with E-state index in [0.717, 1.165) is 18.2 Å². The van der Waals surface area contributed by atoms with Crippen molar-refractivity contribution >= 4 is 50.7 Å². The zero-order valence-corrected chi connectivity index (χ0v) is 26.4. The van der Waals surface area contributed by atoms with Crippen molar-refractivity contribution in [2.75, 3.05) is 30.4 Å². The predicted octanol–water partition coefficient (Wildman–Crippen LogP) is 5.43. The van der Waals surface area contributed by atoms with Gasteiger partial charge in [-0.15, -0.1) is 0 Å². The lowest BCUT2D eigenvalue weighted by atomic mass is 10.0. The number of fused-ring (bicyclic) bond motifs is 1. The molecule has 0 radical (unpaired) electrons. The zero-order chi connectivity index (χ0) is 31.0. The zero-order valence-electron chi connectivity index (χ0n) is 24.1. The van der Waals surface area contributed by atoms with Crippen LogP contribution in [0.5, 0.6) is 11.5 Å². The van der Waals surface area contributed by atoms with E-state index < -0.39 is 16.1 Å². The average molecular weight is 649 g/mol. The van der Waals surface area contributed by atoms with Crippen LogP contribution < -0.4 is 19.1 Å². The fourth-order valence-electron chi connectivity index (χ4n) is 4.80. The maximum atomic E-state index is 13.9. The molecule has 0 aromatic heterocycles. The molecule has 230 valence electrons. The number of carbonyl (C=O) groups excluding carboxylic acids is 2. The summed E-state index contributed by atoms with van der Waals surface area (Å²) < 4.78 is 37.4. The number of halogens is 2. The molecular formula is C31H35Cl2N3O6S. The number of hydrogen-bond donors (Lipinski definition) is 1. The minimum atomic E-state index is -3.67. The molecule has 0 spiro atoms. The van der Waals surface area contributed by atoms with Crippen LogP contribution in [-0.2, 0) is 32.6 Å². The second-order valence-corrected chi connectivity index (χ2v) is 13.0. The number of rotatable bonds is 14. The molecule has 0 fully saturated rings. The first kappa shape index (κ1) is 32.4. The molecule has 9 nitrogen and oxygen atoms in total. The van der Waals surface area contributed by atoms with Crippen LogP contribution in [0.4, 0.5) is 5.69 Å². The number of amides is 2. The molecular weight excluding hydrogens is 613 g/mol. The molecule has 1 aliphatic rings. The van der Waals surface area contributed by atoms with E-state index in [9.17, 15) is 18.0 Å². The highest BCUT2D eigenvalue weighted by Crippen LogP contribution is 2.36. The Morgan fingerprint density at radius 1 is 1.00 bits per heavy atom. The molecule has 1 atom stereocenters. The van der Waals surface area contributed by atoms with Crippen LogP contribution in [0.2, 0.25) is 10.0 Å². The lowest BCUT2D eigenvalue weighted by Crippen LogP contribution is -2.50. The van der Waals surface area contributed by atoms with Crippen LogP contribution in [0.1, 0.15) is 37.3 Å². The van der Waals surface area contributed by atoms with Gasteiger partial charge in [-0.25, -0.2) is 8.42 Å². The summed E-state index contributed by atoms with van der Waals surface area (Å²) in [5, 5.41) is 3.77. The van der Waals surface area contributed by atoms with Gasteiger partial charge >= 0.3 is 0 Å². The summed E-state index contributed by atoms with van der Waals surface area (Å²) in [5.74, 6) is 0.407. The highest BCUT2D eigenvalue weighted by atomic mass is 35.5. The fraction of sp³-hybridized carbons (Fsp3) is 0.355. The molecule has 43 heavy (non-hydrogen) atoms. The molecule has 4 rings (SSSR count). The molecule has 1 unspecified atom stereocenters. The largest absolute Gasteiger partial charge is 0.454 e. The van der Waals surface area contributed by atoms with Crippen molar-refractivity contribution in [3.63, 3.8) is 0 Å². The third-order valence-electron chi connectivity index (χ3n) is 6.97. The number of benzene rings is 3. The smallest absolute Gasteiger partial charge is 0.243 e. The highest BCUT2D eigenvalue weighted by Gasteiger charge is 2.31. The van der Waals surface area contributed by atoms with E-state index in [0.29, 0.717) is 45.8 Å². The van der Waals surface area contributed by atoms with E-state index in [2.05, 4.69) is 5.32 Å². The molecule has 0 aliphatic carbocycles. The molecule has 1 aliphatic heterocycles. The number of nitrogens with zero attached hydrogens (tertiary/aromatic N) is 2. The lowest BCUT2D eigenvalue weighted by Gasteiger charge is -2.32. The number of anilines is 1. The second-order valence-electron chi connectivity index (χ2n) is 10.2. The summed E-state index contributed by atoms with van der Waals surface area (Å²) in [6, 6.07) is 18.6. The Morgan fingerprint density at radius 3 is 2.44 bits per heavy atom. The summed E-state index contributed by atoms with van der Waals surface area (Å²) in [6.45, 7) is 2.61. The first-order valence-electron chi connectivity index (χ1n) is 14.0. The van der Waals surface area contributed by atoms with Crippen LogP contribution in [0, 0.1) is 0 Å². The molecule has 3 aromatic rings. The molecule has 0 bridgehead atoms. The van der Waals surface area contributed by atoms with Gasteiger partial charge in [-0.1, -0.05) is 66.5 Å². The Kier molecular flexibility index (Phi) is 11.2. The van der Waals surface area contributed by atoms with Gasteiger partial charge in [-0.3, -0.25) is 13.9 Å². The van der Waals surface area contributed by atoms with Gasteiger partial charge in [0.2, 0.25) is 28.6 Å². The van der Waals surface area contributed by atoms with Crippen LogP contribution >= 0.6 is 23.2 Å². The maximum Gasteiger partial charge on any atom is 0.243 e. The van der Waals surface area contributed by atoms with E-state index in [4.69, 9.17) is 32.7 Å². The van der Waals surface area contributed by atoms with Gasteiger partial charge in [0, 0.05) is 48.6 Å². The van der Waals surface area contributed by atoms with Crippen molar-refractivity contribution in [2.24, 2.45) is 0 Å². The number of sulfonamides is 1. The third-order valence-corrected chi connectivity index (χ3v) is 8.75. The SMILES string of the molecule is CCCNC(=O)C(Cc1ccccc1)N(Cc1ccc(Cl)cc1Cl)C(=O)CCCN(c1ccc2c(c1)OCO2)S(C)(=O)=O. The summed E-state index contributed by atoms with van der Waals surface area (Å²) in [6.07, 6.45) is 2.35. The minimum Gasteiger partial charge on any atom is -0.454 e. The van der Waals surface area contributed by atoms with Crippen molar-refractivity contribution in [3.05, 3.63) is 87.9 Å². The maximum absolute atomic E-state index is 13.9. The van der Waals surface area contributed by atoms with Crippen molar-refractivity contribution < 1.29 is 27.5 Å². The Balaban J connectivity index is 1.59. The van der Waals surface area contributed by atoms with Crippen LogP contribution in [-0.4, -0.2) is 57.3 Å². The van der Waals surface area contributed by atoms with Gasteiger partial charge in [-0.05, 0) is 48.2 Å². The normalized spacial score (nSPS) is 12.9. The van der Waals surface area contributed by atoms with Crippen LogP contribution in [0.3, 0.4) is 0 Å². The van der Waals surface area contributed by atoms with Gasteiger partial charge in [0.25, 0.3) is 0 Å². The van der Waals surface area contributed by atoms with Crippen molar-refractivity contribution in [3.8, 4) is 11.5 Å². The van der Waals surface area contributed by atoms with Crippen molar-refractivity contribution in [1.29, 1.82) is 0 Å². The second kappa shape index (κ2) is 14.8. The van der Waals surface area contributed by atoms with Crippen molar-refractivity contribution in [2.45, 2.75) is 45.2 Å². The quantitative estimate of drug-likeness (QED) is 0.250. The van der Waals surface area contributed by atoms with Gasteiger partial charge < -0.3 is 19.7 Å². The summed E-state index contributed by atoms with van der Waals surface area (Å²) in [4.78, 5) is 29.0. The summed E-state index contributed by atoms with van der Waals surface area (Å²) >= 11 is 12.6. The van der Waals surface area contributed by atoms with Gasteiger partial charge in [-0.2, -0.15) is 0 Å². The summed E-state index contributed by atoms with van der Waals surface area (Å²) in [7, 11) is -3.67. The topological polar surface area (TPSA) is 105 Å². The Morgan fingerprint density at radius 2 is 1.74 bits per heavy atom. The van der Waals surface area contributed by atoms with Crippen LogP contribution in [0.25, 0.3) is 0 Å². The Bertz CT molecular complexity index is 1540. The molecule has 0 saturated carbocycles. The molecule has 2 amide bonds. The first-order valence-corrected chi connectivity index (χ1v) is 16.6. The van der Waals surface area contributed by atoms with Gasteiger partial charge in [0.1, 0.15) is 6.04 Å². The highest BCUT2D eigenvalue weighted by molar-refractivity contribution is 7.92. The molecule has 12 heteroatoms. The lowest BCUT2D eigenvalue weighted by molar-refractivity contribution is -0.141. The Labute approximate surface area is 262 Å². The minimum absolute atomic E-state index is 0.00583.